The molecule has 3 rings (SSSR count). The fourth-order valence-corrected chi connectivity index (χ4v) is 2.75. The van der Waals surface area contributed by atoms with Gasteiger partial charge in [0.25, 0.3) is 5.91 Å². The molecule has 6 nitrogen and oxygen atoms in total. The topological polar surface area (TPSA) is 66.5 Å². The molecule has 0 saturated heterocycles. The summed E-state index contributed by atoms with van der Waals surface area (Å²) in [5.41, 5.74) is 3.52. The minimum atomic E-state index is -0.274. The van der Waals surface area contributed by atoms with Crippen LogP contribution in [0.3, 0.4) is 0 Å². The third kappa shape index (κ3) is 4.72. The van der Waals surface area contributed by atoms with Crippen molar-refractivity contribution in [1.29, 1.82) is 0 Å². The van der Waals surface area contributed by atoms with Crippen molar-refractivity contribution in [3.05, 3.63) is 71.5 Å². The van der Waals surface area contributed by atoms with E-state index in [1.807, 2.05) is 43.3 Å². The highest BCUT2D eigenvalue weighted by Crippen LogP contribution is 2.30. The van der Waals surface area contributed by atoms with Crippen molar-refractivity contribution >= 4 is 40.3 Å². The highest BCUT2D eigenvalue weighted by Gasteiger charge is 2.09. The van der Waals surface area contributed by atoms with E-state index in [4.69, 9.17) is 16.3 Å². The molecule has 0 aliphatic heterocycles. The van der Waals surface area contributed by atoms with Crippen LogP contribution in [-0.2, 0) is 0 Å². The molecule has 0 fully saturated rings. The molecule has 0 bridgehead atoms. The van der Waals surface area contributed by atoms with E-state index in [-0.39, 0.29) is 5.91 Å². The van der Waals surface area contributed by atoms with Gasteiger partial charge < -0.3 is 20.3 Å². The first-order valence-electron chi connectivity index (χ1n) is 8.61. The SMILES string of the molecule is COc1ccc(Cl)cc1Nc1ccc(C(=O)Nc2ccc(N(C)C)cc2)nc1. The number of carbonyl (C=O) groups excluding carboxylic acids is 1. The van der Waals surface area contributed by atoms with E-state index >= 15 is 0 Å². The molecule has 0 atom stereocenters. The Hall–Kier alpha value is -3.25. The molecule has 7 heteroatoms. The normalized spacial score (nSPS) is 10.3. The second-order valence-electron chi connectivity index (χ2n) is 6.30. The zero-order chi connectivity index (χ0) is 20.1. The summed E-state index contributed by atoms with van der Waals surface area (Å²) in [5, 5.41) is 6.62. The van der Waals surface area contributed by atoms with Gasteiger partial charge >= 0.3 is 0 Å². The van der Waals surface area contributed by atoms with Gasteiger partial charge in [0.15, 0.2) is 0 Å². The molecule has 1 aromatic heterocycles. The number of benzene rings is 2. The Bertz CT molecular complexity index is 957. The van der Waals surface area contributed by atoms with E-state index in [0.29, 0.717) is 27.8 Å². The van der Waals surface area contributed by atoms with Crippen molar-refractivity contribution in [1.82, 2.24) is 4.98 Å². The van der Waals surface area contributed by atoms with Crippen molar-refractivity contribution in [3.63, 3.8) is 0 Å². The predicted molar refractivity (Wildman–Crippen MR) is 114 cm³/mol. The van der Waals surface area contributed by atoms with Crippen LogP contribution >= 0.6 is 11.6 Å². The maximum Gasteiger partial charge on any atom is 0.274 e. The molecule has 0 radical (unpaired) electrons. The van der Waals surface area contributed by atoms with Gasteiger partial charge in [0.05, 0.1) is 24.7 Å². The number of aromatic nitrogens is 1. The lowest BCUT2D eigenvalue weighted by molar-refractivity contribution is 0.102. The Balaban J connectivity index is 1.68. The summed E-state index contributed by atoms with van der Waals surface area (Å²) in [5.74, 6) is 0.386. The quantitative estimate of drug-likeness (QED) is 0.626. The fourth-order valence-electron chi connectivity index (χ4n) is 2.57. The van der Waals surface area contributed by atoms with Gasteiger partial charge in [-0.05, 0) is 54.6 Å². The van der Waals surface area contributed by atoms with Crippen molar-refractivity contribution in [2.24, 2.45) is 0 Å². The first-order valence-corrected chi connectivity index (χ1v) is 8.99. The summed E-state index contributed by atoms with van der Waals surface area (Å²) >= 11 is 6.04. The number of nitrogens with one attached hydrogen (secondary N) is 2. The summed E-state index contributed by atoms with van der Waals surface area (Å²) in [6, 6.07) is 16.3. The summed E-state index contributed by atoms with van der Waals surface area (Å²) in [7, 11) is 5.52. The smallest absolute Gasteiger partial charge is 0.274 e. The number of hydrogen-bond donors (Lipinski definition) is 2. The van der Waals surface area contributed by atoms with Crippen molar-refractivity contribution < 1.29 is 9.53 Å². The molecule has 2 N–H and O–H groups in total. The Labute approximate surface area is 169 Å². The van der Waals surface area contributed by atoms with Crippen LogP contribution in [0.25, 0.3) is 0 Å². The predicted octanol–water partition coefficient (Wildman–Crippen LogP) is 4.81. The fraction of sp³-hybridized carbons (Fsp3) is 0.143. The zero-order valence-corrected chi connectivity index (χ0v) is 16.6. The number of ether oxygens (including phenoxy) is 1. The molecule has 0 spiro atoms. The molecular weight excluding hydrogens is 376 g/mol. The van der Waals surface area contributed by atoms with E-state index in [1.165, 1.54) is 0 Å². The van der Waals surface area contributed by atoms with Crippen LogP contribution in [0.2, 0.25) is 5.02 Å². The second kappa shape index (κ2) is 8.63. The van der Waals surface area contributed by atoms with E-state index < -0.39 is 0 Å². The van der Waals surface area contributed by atoms with Crippen molar-refractivity contribution in [2.75, 3.05) is 36.7 Å². The molecule has 0 aliphatic carbocycles. The molecule has 1 heterocycles. The molecule has 3 aromatic rings. The summed E-state index contributed by atoms with van der Waals surface area (Å²) in [6.45, 7) is 0. The van der Waals surface area contributed by atoms with Crippen LogP contribution < -0.4 is 20.3 Å². The molecular formula is C21H21ClN4O2. The monoisotopic (exact) mass is 396 g/mol. The third-order valence-electron chi connectivity index (χ3n) is 4.08. The molecule has 0 unspecified atom stereocenters. The number of methoxy groups -OCH3 is 1. The molecule has 1 amide bonds. The standard InChI is InChI=1S/C21H21ClN4O2/c1-26(2)17-8-5-15(6-9-17)25-21(27)18-10-7-16(13-23-18)24-19-12-14(22)4-11-20(19)28-3/h4-13,24H,1-3H3,(H,25,27). The number of halogens is 1. The van der Waals surface area contributed by atoms with E-state index in [0.717, 1.165) is 11.4 Å². The van der Waals surface area contributed by atoms with Crippen LogP contribution in [0.5, 0.6) is 5.75 Å². The van der Waals surface area contributed by atoms with Crippen molar-refractivity contribution in [2.45, 2.75) is 0 Å². The lowest BCUT2D eigenvalue weighted by Gasteiger charge is -2.13. The maximum atomic E-state index is 12.4. The van der Waals surface area contributed by atoms with Crippen LogP contribution in [0.4, 0.5) is 22.7 Å². The Kier molecular flexibility index (Phi) is 6.01. The van der Waals surface area contributed by atoms with Crippen LogP contribution in [0.1, 0.15) is 10.5 Å². The highest BCUT2D eigenvalue weighted by molar-refractivity contribution is 6.31. The van der Waals surface area contributed by atoms with E-state index in [1.54, 1.807) is 43.6 Å². The Morgan fingerprint density at radius 1 is 1.04 bits per heavy atom. The van der Waals surface area contributed by atoms with Gasteiger partial charge in [-0.15, -0.1) is 0 Å². The number of hydrogen-bond acceptors (Lipinski definition) is 5. The number of nitrogens with zero attached hydrogens (tertiary/aromatic N) is 2. The molecule has 0 aliphatic rings. The van der Waals surface area contributed by atoms with Crippen molar-refractivity contribution in [3.8, 4) is 5.75 Å². The number of carbonyl (C=O) groups is 1. The minimum absolute atomic E-state index is 0.274. The van der Waals surface area contributed by atoms with Gasteiger partial charge in [-0.2, -0.15) is 0 Å². The highest BCUT2D eigenvalue weighted by atomic mass is 35.5. The van der Waals surface area contributed by atoms with Crippen LogP contribution in [0, 0.1) is 0 Å². The lowest BCUT2D eigenvalue weighted by atomic mass is 10.2. The average molecular weight is 397 g/mol. The van der Waals surface area contributed by atoms with E-state index in [2.05, 4.69) is 15.6 Å². The summed E-state index contributed by atoms with van der Waals surface area (Å²) in [6.07, 6.45) is 1.59. The maximum absolute atomic E-state index is 12.4. The number of amides is 1. The van der Waals surface area contributed by atoms with Gasteiger partial charge in [-0.25, -0.2) is 4.98 Å². The Morgan fingerprint density at radius 3 is 2.36 bits per heavy atom. The lowest BCUT2D eigenvalue weighted by Crippen LogP contribution is -2.14. The van der Waals surface area contributed by atoms with Gasteiger partial charge in [-0.3, -0.25) is 4.79 Å². The third-order valence-corrected chi connectivity index (χ3v) is 4.31. The first kappa shape index (κ1) is 19.5. The molecule has 144 valence electrons. The molecule has 28 heavy (non-hydrogen) atoms. The van der Waals surface area contributed by atoms with Gasteiger partial charge in [-0.1, -0.05) is 11.6 Å². The second-order valence-corrected chi connectivity index (χ2v) is 6.73. The number of rotatable bonds is 6. The van der Waals surface area contributed by atoms with Gasteiger partial charge in [0.2, 0.25) is 0 Å². The van der Waals surface area contributed by atoms with Gasteiger partial charge in [0, 0.05) is 30.5 Å². The average Bonchev–Trinajstić information content (AvgIpc) is 2.69. The van der Waals surface area contributed by atoms with E-state index in [9.17, 15) is 4.79 Å². The number of anilines is 4. The van der Waals surface area contributed by atoms with Crippen LogP contribution in [-0.4, -0.2) is 32.1 Å². The zero-order valence-electron chi connectivity index (χ0n) is 15.9. The summed E-state index contributed by atoms with van der Waals surface area (Å²) < 4.78 is 5.32. The summed E-state index contributed by atoms with van der Waals surface area (Å²) in [4.78, 5) is 18.6. The largest absolute Gasteiger partial charge is 0.495 e. The molecule has 2 aromatic carbocycles. The Morgan fingerprint density at radius 2 is 1.75 bits per heavy atom. The first-order chi connectivity index (χ1) is 13.5. The van der Waals surface area contributed by atoms with Gasteiger partial charge in [0.1, 0.15) is 11.4 Å². The minimum Gasteiger partial charge on any atom is -0.495 e. The van der Waals surface area contributed by atoms with Crippen LogP contribution in [0.15, 0.2) is 60.8 Å². The number of pyridine rings is 1. The molecule has 0 saturated carbocycles.